The fraction of sp³-hybridized carbons (Fsp3) is 0.500. The van der Waals surface area contributed by atoms with E-state index in [1.165, 1.54) is 11.1 Å². The topological polar surface area (TPSA) is 161 Å². The summed E-state index contributed by atoms with van der Waals surface area (Å²) in [5.74, 6) is 2.49. The SMILES string of the molecule is CCCc1c2cc3c(cc2c(CCC)c2cc4c(cc12)OCCOCCOCCON1C=CN(OCCOCCOCCO4)c2ccccc21)OCCOCCOCCON1C=CN(OCCOCCOCCO3)c2ccccc21. The van der Waals surface area contributed by atoms with Crippen molar-refractivity contribution >= 4 is 44.3 Å². The lowest BCUT2D eigenvalue weighted by molar-refractivity contribution is 0.00357. The number of ether oxygens (including phenoxy) is 12. The molecule has 0 atom stereocenters. The molecule has 20 nitrogen and oxygen atoms in total. The van der Waals surface area contributed by atoms with Crippen LogP contribution in [0.3, 0.4) is 0 Å². The van der Waals surface area contributed by atoms with Gasteiger partial charge >= 0.3 is 0 Å². The van der Waals surface area contributed by atoms with E-state index in [2.05, 4.69) is 38.1 Å². The van der Waals surface area contributed by atoms with E-state index in [4.69, 9.17) is 76.2 Å². The second kappa shape index (κ2) is 32.5. The van der Waals surface area contributed by atoms with Gasteiger partial charge in [0.25, 0.3) is 0 Å². The molecule has 6 heterocycles. The minimum absolute atomic E-state index is 0.302. The van der Waals surface area contributed by atoms with Crippen LogP contribution in [0.2, 0.25) is 0 Å². The Morgan fingerprint density at radius 1 is 0.287 bits per heavy atom. The Morgan fingerprint density at radius 3 is 0.725 bits per heavy atom. The van der Waals surface area contributed by atoms with Crippen LogP contribution in [-0.4, -0.2) is 159 Å². The number of rotatable bonds is 4. The summed E-state index contributed by atoms with van der Waals surface area (Å²) in [6, 6.07) is 24.2. The first-order valence-corrected chi connectivity index (χ1v) is 28.2. The second-order valence-electron chi connectivity index (χ2n) is 18.6. The maximum absolute atomic E-state index is 6.54. The summed E-state index contributed by atoms with van der Waals surface area (Å²) in [7, 11) is 0. The lowest BCUT2D eigenvalue weighted by atomic mass is 9.87. The average molecular weight is 1110 g/mol. The molecule has 4 bridgehead atoms. The van der Waals surface area contributed by atoms with Crippen LogP contribution >= 0.6 is 0 Å². The van der Waals surface area contributed by atoms with Crippen molar-refractivity contribution in [3.63, 3.8) is 0 Å². The molecule has 0 spiro atoms. The number of para-hydroxylation sites is 4. The van der Waals surface area contributed by atoms with E-state index >= 15 is 0 Å². The van der Waals surface area contributed by atoms with Crippen LogP contribution in [0.15, 0.2) is 97.6 Å². The normalized spacial score (nSPS) is 19.2. The van der Waals surface area contributed by atoms with Crippen molar-refractivity contribution in [1.82, 2.24) is 0 Å². The van der Waals surface area contributed by atoms with E-state index in [0.29, 0.717) is 182 Å². The molecular weight excluding hydrogens is 1030 g/mol. The van der Waals surface area contributed by atoms with E-state index in [9.17, 15) is 0 Å². The summed E-state index contributed by atoms with van der Waals surface area (Å²) in [6.45, 7) is 13.2. The minimum atomic E-state index is 0.302. The monoisotopic (exact) mass is 1110 g/mol. The molecule has 0 saturated heterocycles. The van der Waals surface area contributed by atoms with Crippen LogP contribution in [0.5, 0.6) is 23.0 Å². The largest absolute Gasteiger partial charge is 0.487 e. The van der Waals surface area contributed by atoms with Gasteiger partial charge in [0.05, 0.1) is 180 Å². The van der Waals surface area contributed by atoms with Crippen LogP contribution in [0.25, 0.3) is 21.5 Å². The number of hydroxylamine groups is 4. The molecule has 5 aromatic rings. The Hall–Kier alpha value is -5.98. The molecule has 0 aromatic heterocycles. The zero-order valence-corrected chi connectivity index (χ0v) is 46.4. The third-order valence-electron chi connectivity index (χ3n) is 13.1. The minimum Gasteiger partial charge on any atom is -0.487 e. The van der Waals surface area contributed by atoms with E-state index < -0.39 is 0 Å². The molecule has 0 radical (unpaired) electrons. The van der Waals surface area contributed by atoms with Gasteiger partial charge in [0.15, 0.2) is 23.0 Å². The summed E-state index contributed by atoms with van der Waals surface area (Å²) in [4.78, 5) is 24.2. The van der Waals surface area contributed by atoms with E-state index in [1.807, 2.05) is 73.3 Å². The first kappa shape index (κ1) is 58.7. The van der Waals surface area contributed by atoms with Gasteiger partial charge in [-0.05, 0) is 94.0 Å². The maximum atomic E-state index is 6.54. The standard InChI is InChI=1S/C60H78N4O16/c1-3-9-47-49-43-57-59(75-37-29-67-21-25-71-33-41-79-63-17-15-61(53-11-5-7-13-55(53)63)77-39-31-69-23-19-65-27-35-73-57)45-51(49)48(10-4-2)52-46-60-58(44-50(47)52)74-36-28-66-20-24-70-32-40-78-62-16-18-64(56-14-8-6-12-54(56)62)80-42-34-72-26-22-68-30-38-76-60/h5-8,11-18,43-46H,3-4,9-10,19-42H2,1-2H3. The van der Waals surface area contributed by atoms with Crippen LogP contribution in [0, 0.1) is 0 Å². The Bertz CT molecular complexity index is 2380. The van der Waals surface area contributed by atoms with Crippen molar-refractivity contribution in [3.8, 4) is 23.0 Å². The third kappa shape index (κ3) is 16.6. The van der Waals surface area contributed by atoms with Gasteiger partial charge in [-0.3, -0.25) is 19.4 Å². The van der Waals surface area contributed by atoms with Gasteiger partial charge in [0.2, 0.25) is 0 Å². The Morgan fingerprint density at radius 2 is 0.500 bits per heavy atom. The van der Waals surface area contributed by atoms with E-state index in [0.717, 1.165) is 70.0 Å². The lowest BCUT2D eigenvalue weighted by Crippen LogP contribution is -2.30. The highest BCUT2D eigenvalue weighted by Gasteiger charge is 2.24. The van der Waals surface area contributed by atoms with Gasteiger partial charge in [-0.2, -0.15) is 0 Å². The predicted molar refractivity (Wildman–Crippen MR) is 303 cm³/mol. The number of benzene rings is 5. The number of anilines is 4. The Balaban J connectivity index is 0.894. The fourth-order valence-electron chi connectivity index (χ4n) is 9.49. The van der Waals surface area contributed by atoms with Gasteiger partial charge in [0.1, 0.15) is 26.4 Å². The lowest BCUT2D eigenvalue weighted by Gasteiger charge is -2.31. The summed E-state index contributed by atoms with van der Waals surface area (Å²) >= 11 is 0. The second-order valence-corrected chi connectivity index (χ2v) is 18.6. The summed E-state index contributed by atoms with van der Waals surface area (Å²) < 4.78 is 73.5. The van der Waals surface area contributed by atoms with Gasteiger partial charge in [-0.15, -0.1) is 0 Å². The van der Waals surface area contributed by atoms with Crippen molar-refractivity contribution in [3.05, 3.63) is 109 Å². The number of fused-ring (bicyclic) bond motifs is 38. The van der Waals surface area contributed by atoms with Crippen molar-refractivity contribution in [2.75, 3.05) is 179 Å². The molecular formula is C60H78N4O16. The van der Waals surface area contributed by atoms with Crippen molar-refractivity contribution < 1.29 is 76.2 Å². The van der Waals surface area contributed by atoms with Gasteiger partial charge in [-0.1, -0.05) is 51.0 Å². The number of hydrogen-bond acceptors (Lipinski definition) is 20. The van der Waals surface area contributed by atoms with Gasteiger partial charge < -0.3 is 56.8 Å². The zero-order valence-electron chi connectivity index (χ0n) is 46.4. The van der Waals surface area contributed by atoms with E-state index in [1.54, 1.807) is 20.3 Å². The first-order valence-electron chi connectivity index (χ1n) is 28.2. The van der Waals surface area contributed by atoms with E-state index in [-0.39, 0.29) is 0 Å². The maximum Gasteiger partial charge on any atom is 0.161 e. The van der Waals surface area contributed by atoms with Crippen LogP contribution < -0.4 is 39.2 Å². The fourth-order valence-corrected chi connectivity index (χ4v) is 9.49. The quantitative estimate of drug-likeness (QED) is 0.124. The van der Waals surface area contributed by atoms with Crippen LogP contribution in [-0.2, 0) is 70.1 Å². The molecule has 6 aliphatic rings. The molecule has 5 aromatic carbocycles. The highest BCUT2D eigenvalue weighted by atomic mass is 16.7. The Kier molecular flexibility index (Phi) is 23.8. The van der Waals surface area contributed by atoms with Gasteiger partial charge in [-0.25, -0.2) is 20.3 Å². The molecule has 0 saturated carbocycles. The highest BCUT2D eigenvalue weighted by molar-refractivity contribution is 6.08. The number of aryl methyl sites for hydroxylation is 2. The summed E-state index contributed by atoms with van der Waals surface area (Å²) in [6.07, 6.45) is 10.7. The molecule has 20 heteroatoms. The number of hydrogen-bond donors (Lipinski definition) is 0. The van der Waals surface area contributed by atoms with Crippen molar-refractivity contribution in [1.29, 1.82) is 0 Å². The average Bonchev–Trinajstić information content (AvgIpc) is 3.54. The molecule has 0 aliphatic carbocycles. The smallest absolute Gasteiger partial charge is 0.161 e. The molecule has 0 fully saturated rings. The molecule has 11 rings (SSSR count). The molecule has 0 amide bonds. The zero-order chi connectivity index (χ0) is 54.8. The Labute approximate surface area is 469 Å². The molecule has 0 unspecified atom stereocenters. The molecule has 0 N–H and O–H groups in total. The summed E-state index contributed by atoms with van der Waals surface area (Å²) in [5, 5.41) is 11.3. The third-order valence-corrected chi connectivity index (χ3v) is 13.1. The summed E-state index contributed by atoms with van der Waals surface area (Å²) in [5.41, 5.74) is 5.79. The highest BCUT2D eigenvalue weighted by Crippen LogP contribution is 2.44. The molecule has 434 valence electrons. The van der Waals surface area contributed by atoms with Crippen LogP contribution in [0.4, 0.5) is 22.7 Å². The van der Waals surface area contributed by atoms with Gasteiger partial charge in [0, 0.05) is 0 Å². The predicted octanol–water partition coefficient (Wildman–Crippen LogP) is 8.90. The van der Waals surface area contributed by atoms with Crippen molar-refractivity contribution in [2.45, 2.75) is 39.5 Å². The molecule has 80 heavy (non-hydrogen) atoms. The number of nitrogens with zero attached hydrogens (tertiary/aromatic N) is 4. The molecule has 6 aliphatic heterocycles. The van der Waals surface area contributed by atoms with Crippen LogP contribution in [0.1, 0.15) is 37.8 Å². The van der Waals surface area contributed by atoms with Crippen molar-refractivity contribution in [2.24, 2.45) is 0 Å². The first-order chi connectivity index (χ1) is 39.7.